The Kier molecular flexibility index (Phi) is 5.22. The SMILES string of the molecule is Oc1cccc(-c2cn3c(O)c(Cc4ccc(F)cc4)nc3c(Cc3ccccc3)n2)c1F. The maximum atomic E-state index is 14.7. The highest BCUT2D eigenvalue weighted by atomic mass is 19.1. The van der Waals surface area contributed by atoms with Gasteiger partial charge >= 0.3 is 0 Å². The average Bonchev–Trinajstić information content (AvgIpc) is 3.13. The number of imidazole rings is 1. The molecule has 5 rings (SSSR count). The van der Waals surface area contributed by atoms with Crippen LogP contribution in [0.25, 0.3) is 16.9 Å². The molecule has 164 valence electrons. The maximum absolute atomic E-state index is 14.7. The zero-order valence-corrected chi connectivity index (χ0v) is 17.4. The van der Waals surface area contributed by atoms with E-state index in [-0.39, 0.29) is 29.4 Å². The first-order valence-corrected chi connectivity index (χ1v) is 10.4. The summed E-state index contributed by atoms with van der Waals surface area (Å²) < 4.78 is 29.4. The number of phenols is 1. The summed E-state index contributed by atoms with van der Waals surface area (Å²) in [7, 11) is 0. The number of phenolic OH excluding ortho intramolecular Hbond substituents is 1. The number of nitrogens with zero attached hydrogens (tertiary/aromatic N) is 3. The molecule has 0 fully saturated rings. The van der Waals surface area contributed by atoms with Crippen LogP contribution < -0.4 is 0 Å². The topological polar surface area (TPSA) is 70.7 Å². The Labute approximate surface area is 188 Å². The van der Waals surface area contributed by atoms with Gasteiger partial charge in [0, 0.05) is 24.6 Å². The standard InChI is InChI=1S/C26H19F2N3O2/c27-18-11-9-17(10-12-18)14-21-26(33)31-15-22(19-7-4-8-23(32)24(19)28)29-20(25(31)30-21)13-16-5-2-1-3-6-16/h1-12,15,32-33H,13-14H2. The molecule has 0 amide bonds. The van der Waals surface area contributed by atoms with Crippen molar-refractivity contribution in [2.75, 3.05) is 0 Å². The normalized spacial score (nSPS) is 11.2. The zero-order valence-electron chi connectivity index (χ0n) is 17.4. The minimum absolute atomic E-state index is 0.104. The lowest BCUT2D eigenvalue weighted by molar-refractivity contribution is 0.433. The van der Waals surface area contributed by atoms with E-state index in [1.54, 1.807) is 12.1 Å². The molecular weight excluding hydrogens is 424 g/mol. The number of aromatic hydroxyl groups is 2. The molecule has 0 bridgehead atoms. The second-order valence-corrected chi connectivity index (χ2v) is 7.75. The number of halogens is 2. The van der Waals surface area contributed by atoms with Crippen LogP contribution >= 0.6 is 0 Å². The molecular formula is C26H19F2N3O2. The van der Waals surface area contributed by atoms with Gasteiger partial charge in [-0.15, -0.1) is 0 Å². The van der Waals surface area contributed by atoms with E-state index in [0.29, 0.717) is 23.5 Å². The molecule has 2 N–H and O–H groups in total. The van der Waals surface area contributed by atoms with E-state index in [4.69, 9.17) is 0 Å². The zero-order chi connectivity index (χ0) is 22.9. The van der Waals surface area contributed by atoms with E-state index in [2.05, 4.69) is 9.97 Å². The van der Waals surface area contributed by atoms with Gasteiger partial charge in [0.25, 0.3) is 0 Å². The first-order chi connectivity index (χ1) is 16.0. The summed E-state index contributed by atoms with van der Waals surface area (Å²) in [6.45, 7) is 0. The second-order valence-electron chi connectivity index (χ2n) is 7.75. The van der Waals surface area contributed by atoms with Gasteiger partial charge in [-0.3, -0.25) is 4.40 Å². The fraction of sp³-hybridized carbons (Fsp3) is 0.0769. The molecule has 0 aliphatic heterocycles. The van der Waals surface area contributed by atoms with E-state index < -0.39 is 11.6 Å². The van der Waals surface area contributed by atoms with Crippen molar-refractivity contribution in [3.63, 3.8) is 0 Å². The summed E-state index contributed by atoms with van der Waals surface area (Å²) in [4.78, 5) is 9.26. The number of rotatable bonds is 5. The Morgan fingerprint density at radius 3 is 2.18 bits per heavy atom. The van der Waals surface area contributed by atoms with Gasteiger partial charge in [-0.1, -0.05) is 48.5 Å². The van der Waals surface area contributed by atoms with Crippen molar-refractivity contribution in [1.82, 2.24) is 14.4 Å². The Morgan fingerprint density at radius 1 is 0.727 bits per heavy atom. The predicted molar refractivity (Wildman–Crippen MR) is 120 cm³/mol. The van der Waals surface area contributed by atoms with E-state index in [0.717, 1.165) is 11.1 Å². The number of hydrogen-bond acceptors (Lipinski definition) is 4. The van der Waals surface area contributed by atoms with Crippen molar-refractivity contribution in [1.29, 1.82) is 0 Å². The lowest BCUT2D eigenvalue weighted by Crippen LogP contribution is -2.01. The molecule has 0 atom stereocenters. The van der Waals surface area contributed by atoms with E-state index in [1.165, 1.54) is 40.9 Å². The van der Waals surface area contributed by atoms with Crippen molar-refractivity contribution in [3.8, 4) is 22.9 Å². The predicted octanol–water partition coefficient (Wildman–Crippen LogP) is 5.27. The third kappa shape index (κ3) is 4.01. The lowest BCUT2D eigenvalue weighted by atomic mass is 10.1. The Hall–Kier alpha value is -4.26. The molecule has 0 radical (unpaired) electrons. The highest BCUT2D eigenvalue weighted by Gasteiger charge is 2.20. The summed E-state index contributed by atoms with van der Waals surface area (Å²) in [6.07, 6.45) is 2.19. The van der Waals surface area contributed by atoms with Crippen molar-refractivity contribution in [3.05, 3.63) is 113 Å². The average molecular weight is 443 g/mol. The van der Waals surface area contributed by atoms with Gasteiger partial charge in [0.15, 0.2) is 17.2 Å². The molecule has 2 aromatic heterocycles. The fourth-order valence-electron chi connectivity index (χ4n) is 3.81. The number of aromatic nitrogens is 3. The number of benzene rings is 3. The van der Waals surface area contributed by atoms with Crippen LogP contribution in [0.2, 0.25) is 0 Å². The third-order valence-corrected chi connectivity index (χ3v) is 5.47. The number of fused-ring (bicyclic) bond motifs is 1. The quantitative estimate of drug-likeness (QED) is 0.388. The molecule has 0 unspecified atom stereocenters. The van der Waals surface area contributed by atoms with Gasteiger partial charge in [0.2, 0.25) is 5.88 Å². The van der Waals surface area contributed by atoms with Crippen molar-refractivity contribution in [2.24, 2.45) is 0 Å². The van der Waals surface area contributed by atoms with Gasteiger partial charge in [-0.25, -0.2) is 18.7 Å². The minimum Gasteiger partial charge on any atom is -0.505 e. The molecule has 0 saturated carbocycles. The molecule has 0 aliphatic carbocycles. The Balaban J connectivity index is 1.67. The Morgan fingerprint density at radius 2 is 1.42 bits per heavy atom. The first kappa shape index (κ1) is 20.6. The lowest BCUT2D eigenvalue weighted by Gasteiger charge is -2.09. The van der Waals surface area contributed by atoms with Crippen LogP contribution in [-0.4, -0.2) is 24.6 Å². The van der Waals surface area contributed by atoms with Crippen molar-refractivity contribution < 1.29 is 19.0 Å². The van der Waals surface area contributed by atoms with Gasteiger partial charge in [-0.05, 0) is 35.4 Å². The van der Waals surface area contributed by atoms with Crippen LogP contribution in [0.5, 0.6) is 11.6 Å². The Bertz CT molecular complexity index is 1450. The van der Waals surface area contributed by atoms with Gasteiger partial charge in [-0.2, -0.15) is 0 Å². The molecule has 2 heterocycles. The van der Waals surface area contributed by atoms with Crippen LogP contribution in [-0.2, 0) is 12.8 Å². The largest absolute Gasteiger partial charge is 0.505 e. The summed E-state index contributed by atoms with van der Waals surface area (Å²) in [5, 5.41) is 20.8. The summed E-state index contributed by atoms with van der Waals surface area (Å²) in [5.41, 5.74) is 3.50. The van der Waals surface area contributed by atoms with E-state index >= 15 is 0 Å². The molecule has 0 saturated heterocycles. The van der Waals surface area contributed by atoms with Crippen LogP contribution in [0.4, 0.5) is 8.78 Å². The van der Waals surface area contributed by atoms with Crippen LogP contribution in [0.1, 0.15) is 22.5 Å². The van der Waals surface area contributed by atoms with Gasteiger partial charge in [0.05, 0.1) is 11.4 Å². The monoisotopic (exact) mass is 443 g/mol. The van der Waals surface area contributed by atoms with Crippen LogP contribution in [0, 0.1) is 11.6 Å². The highest BCUT2D eigenvalue weighted by Crippen LogP contribution is 2.31. The van der Waals surface area contributed by atoms with Gasteiger partial charge < -0.3 is 10.2 Å². The molecule has 3 aromatic carbocycles. The molecule has 33 heavy (non-hydrogen) atoms. The first-order valence-electron chi connectivity index (χ1n) is 10.4. The van der Waals surface area contributed by atoms with E-state index in [1.807, 2.05) is 30.3 Å². The summed E-state index contributed by atoms with van der Waals surface area (Å²) >= 11 is 0. The molecule has 0 aliphatic rings. The minimum atomic E-state index is -0.791. The third-order valence-electron chi connectivity index (χ3n) is 5.47. The van der Waals surface area contributed by atoms with Crippen LogP contribution in [0.15, 0.2) is 79.0 Å². The van der Waals surface area contributed by atoms with Gasteiger partial charge in [0.1, 0.15) is 11.5 Å². The molecule has 5 nitrogen and oxygen atoms in total. The molecule has 7 heteroatoms. The second kappa shape index (κ2) is 8.35. The summed E-state index contributed by atoms with van der Waals surface area (Å²) in [5.74, 6) is -1.72. The van der Waals surface area contributed by atoms with Crippen molar-refractivity contribution in [2.45, 2.75) is 12.8 Å². The molecule has 0 spiro atoms. The highest BCUT2D eigenvalue weighted by molar-refractivity contribution is 5.65. The maximum Gasteiger partial charge on any atom is 0.219 e. The fourth-order valence-corrected chi connectivity index (χ4v) is 3.81. The molecule has 5 aromatic rings. The summed E-state index contributed by atoms with van der Waals surface area (Å²) in [6, 6.07) is 19.9. The van der Waals surface area contributed by atoms with Crippen molar-refractivity contribution >= 4 is 5.65 Å². The van der Waals surface area contributed by atoms with E-state index in [9.17, 15) is 19.0 Å². The number of hydrogen-bond donors (Lipinski definition) is 2. The van der Waals surface area contributed by atoms with Crippen LogP contribution in [0.3, 0.4) is 0 Å². The smallest absolute Gasteiger partial charge is 0.219 e.